The highest BCUT2D eigenvalue weighted by molar-refractivity contribution is 5.99. The van der Waals surface area contributed by atoms with Crippen LogP contribution in [0.25, 0.3) is 0 Å². The minimum absolute atomic E-state index is 0.0788. The summed E-state index contributed by atoms with van der Waals surface area (Å²) in [5.74, 6) is -0.966. The molecule has 140 valence electrons. The molecule has 2 amide bonds. The molecular formula is C21H22N2O4. The number of hydrogen-bond acceptors (Lipinski definition) is 4. The van der Waals surface area contributed by atoms with Gasteiger partial charge in [-0.2, -0.15) is 0 Å². The summed E-state index contributed by atoms with van der Waals surface area (Å²) in [6.07, 6.45) is 0.969. The second kappa shape index (κ2) is 8.49. The normalized spacial score (nSPS) is 15.4. The van der Waals surface area contributed by atoms with Crippen molar-refractivity contribution < 1.29 is 19.1 Å². The molecule has 0 aromatic heterocycles. The molecule has 1 atom stereocenters. The van der Waals surface area contributed by atoms with Crippen LogP contribution in [0.15, 0.2) is 48.5 Å². The van der Waals surface area contributed by atoms with Gasteiger partial charge in [0, 0.05) is 18.5 Å². The van der Waals surface area contributed by atoms with Crippen LogP contribution in [0.1, 0.15) is 51.3 Å². The Morgan fingerprint density at radius 2 is 1.89 bits per heavy atom. The third-order valence-electron chi connectivity index (χ3n) is 4.39. The standard InChI is InChI=1S/C21H22N2O4/c1-2-10-22-19(24)13-23-20(25)15-8-9-17-16(11-15)12-18(27-21(17)26)14-6-4-3-5-7-14/h3-9,11,18H,2,10,12-13H2,1H3,(H,22,24)(H,23,25). The van der Waals surface area contributed by atoms with Crippen LogP contribution in [0.4, 0.5) is 0 Å². The summed E-state index contributed by atoms with van der Waals surface area (Å²) in [5, 5.41) is 5.31. The zero-order valence-corrected chi connectivity index (χ0v) is 15.2. The molecule has 1 heterocycles. The Balaban J connectivity index is 1.71. The van der Waals surface area contributed by atoms with Crippen LogP contribution in [-0.2, 0) is 16.0 Å². The Hall–Kier alpha value is -3.15. The van der Waals surface area contributed by atoms with Crippen LogP contribution in [0.2, 0.25) is 0 Å². The molecular weight excluding hydrogens is 344 g/mol. The van der Waals surface area contributed by atoms with E-state index in [1.807, 2.05) is 37.3 Å². The minimum atomic E-state index is -0.393. The van der Waals surface area contributed by atoms with E-state index in [0.29, 0.717) is 24.1 Å². The Morgan fingerprint density at radius 3 is 2.63 bits per heavy atom. The van der Waals surface area contributed by atoms with Crippen LogP contribution in [0, 0.1) is 0 Å². The summed E-state index contributed by atoms with van der Waals surface area (Å²) >= 11 is 0. The van der Waals surface area contributed by atoms with Gasteiger partial charge in [-0.1, -0.05) is 37.3 Å². The molecule has 0 saturated heterocycles. The van der Waals surface area contributed by atoms with Gasteiger partial charge in [0.2, 0.25) is 5.91 Å². The molecule has 0 aliphatic carbocycles. The zero-order chi connectivity index (χ0) is 19.2. The fourth-order valence-corrected chi connectivity index (χ4v) is 2.98. The van der Waals surface area contributed by atoms with Crippen LogP contribution in [0.5, 0.6) is 0 Å². The van der Waals surface area contributed by atoms with Gasteiger partial charge in [-0.25, -0.2) is 4.79 Å². The van der Waals surface area contributed by atoms with Gasteiger partial charge < -0.3 is 15.4 Å². The first-order valence-electron chi connectivity index (χ1n) is 9.02. The summed E-state index contributed by atoms with van der Waals surface area (Å²) in [7, 11) is 0. The van der Waals surface area contributed by atoms with Crippen molar-refractivity contribution >= 4 is 17.8 Å². The third-order valence-corrected chi connectivity index (χ3v) is 4.39. The maximum absolute atomic E-state index is 12.3. The van der Waals surface area contributed by atoms with E-state index in [2.05, 4.69) is 10.6 Å². The first-order valence-corrected chi connectivity index (χ1v) is 9.02. The number of ether oxygens (including phenoxy) is 1. The number of esters is 1. The van der Waals surface area contributed by atoms with Crippen molar-refractivity contribution in [2.75, 3.05) is 13.1 Å². The Kier molecular flexibility index (Phi) is 5.86. The van der Waals surface area contributed by atoms with Crippen LogP contribution < -0.4 is 10.6 Å². The summed E-state index contributed by atoms with van der Waals surface area (Å²) < 4.78 is 5.52. The van der Waals surface area contributed by atoms with Crippen LogP contribution in [-0.4, -0.2) is 30.9 Å². The molecule has 27 heavy (non-hydrogen) atoms. The molecule has 2 aromatic carbocycles. The summed E-state index contributed by atoms with van der Waals surface area (Å²) in [6.45, 7) is 2.46. The van der Waals surface area contributed by atoms with Gasteiger partial charge in [-0.05, 0) is 35.7 Å². The van der Waals surface area contributed by atoms with Gasteiger partial charge >= 0.3 is 5.97 Å². The van der Waals surface area contributed by atoms with E-state index in [1.165, 1.54) is 0 Å². The maximum atomic E-state index is 12.3. The van der Waals surface area contributed by atoms with E-state index < -0.39 is 5.97 Å². The topological polar surface area (TPSA) is 84.5 Å². The number of amides is 2. The number of cyclic esters (lactones) is 1. The molecule has 1 aliphatic rings. The molecule has 1 aliphatic heterocycles. The number of fused-ring (bicyclic) bond motifs is 1. The van der Waals surface area contributed by atoms with Gasteiger partial charge in [0.25, 0.3) is 5.91 Å². The lowest BCUT2D eigenvalue weighted by Gasteiger charge is -2.25. The Labute approximate surface area is 157 Å². The minimum Gasteiger partial charge on any atom is -0.454 e. The van der Waals surface area contributed by atoms with Crippen molar-refractivity contribution in [1.29, 1.82) is 0 Å². The van der Waals surface area contributed by atoms with Crippen molar-refractivity contribution in [3.63, 3.8) is 0 Å². The van der Waals surface area contributed by atoms with Gasteiger partial charge in [0.15, 0.2) is 0 Å². The maximum Gasteiger partial charge on any atom is 0.339 e. The van der Waals surface area contributed by atoms with E-state index in [9.17, 15) is 14.4 Å². The molecule has 0 saturated carbocycles. The Bertz CT molecular complexity index is 849. The van der Waals surface area contributed by atoms with Crippen LogP contribution >= 0.6 is 0 Å². The highest BCUT2D eigenvalue weighted by Gasteiger charge is 2.28. The summed E-state index contributed by atoms with van der Waals surface area (Å²) in [5.41, 5.74) is 2.57. The number of benzene rings is 2. The van der Waals surface area contributed by atoms with Gasteiger partial charge in [0.1, 0.15) is 6.10 Å². The average molecular weight is 366 g/mol. The fourth-order valence-electron chi connectivity index (χ4n) is 2.98. The van der Waals surface area contributed by atoms with E-state index in [1.54, 1.807) is 18.2 Å². The van der Waals surface area contributed by atoms with Crippen molar-refractivity contribution in [2.45, 2.75) is 25.9 Å². The molecule has 0 spiro atoms. The monoisotopic (exact) mass is 366 g/mol. The number of nitrogens with one attached hydrogen (secondary N) is 2. The van der Waals surface area contributed by atoms with E-state index in [0.717, 1.165) is 17.5 Å². The van der Waals surface area contributed by atoms with Crippen molar-refractivity contribution in [3.05, 3.63) is 70.8 Å². The first-order chi connectivity index (χ1) is 13.1. The van der Waals surface area contributed by atoms with Crippen molar-refractivity contribution in [1.82, 2.24) is 10.6 Å². The number of rotatable bonds is 6. The quantitative estimate of drug-likeness (QED) is 0.769. The van der Waals surface area contributed by atoms with Crippen LogP contribution in [0.3, 0.4) is 0 Å². The lowest BCUT2D eigenvalue weighted by atomic mass is 9.93. The van der Waals surface area contributed by atoms with Crippen molar-refractivity contribution in [2.24, 2.45) is 0 Å². The summed E-state index contributed by atoms with van der Waals surface area (Å²) in [6, 6.07) is 14.4. The van der Waals surface area contributed by atoms with E-state index in [-0.39, 0.29) is 24.5 Å². The first kappa shape index (κ1) is 18.6. The van der Waals surface area contributed by atoms with Gasteiger partial charge in [-0.15, -0.1) is 0 Å². The molecule has 1 unspecified atom stereocenters. The second-order valence-electron chi connectivity index (χ2n) is 6.41. The molecule has 0 bridgehead atoms. The number of carbonyl (C=O) groups excluding carboxylic acids is 3. The van der Waals surface area contributed by atoms with Gasteiger partial charge in [0.05, 0.1) is 12.1 Å². The number of hydrogen-bond donors (Lipinski definition) is 2. The smallest absolute Gasteiger partial charge is 0.339 e. The number of carbonyl (C=O) groups is 3. The van der Waals surface area contributed by atoms with E-state index >= 15 is 0 Å². The largest absolute Gasteiger partial charge is 0.454 e. The third kappa shape index (κ3) is 4.53. The Morgan fingerprint density at radius 1 is 1.11 bits per heavy atom. The summed E-state index contributed by atoms with van der Waals surface area (Å²) in [4.78, 5) is 36.3. The molecule has 0 radical (unpaired) electrons. The molecule has 6 nitrogen and oxygen atoms in total. The lowest BCUT2D eigenvalue weighted by Crippen LogP contribution is -2.37. The second-order valence-corrected chi connectivity index (χ2v) is 6.41. The zero-order valence-electron chi connectivity index (χ0n) is 15.2. The van der Waals surface area contributed by atoms with E-state index in [4.69, 9.17) is 4.74 Å². The molecule has 6 heteroatoms. The molecule has 0 fully saturated rings. The SMILES string of the molecule is CCCNC(=O)CNC(=O)c1ccc2c(c1)CC(c1ccccc1)OC2=O. The molecule has 2 aromatic rings. The van der Waals surface area contributed by atoms with Crippen molar-refractivity contribution in [3.8, 4) is 0 Å². The predicted molar refractivity (Wildman–Crippen MR) is 100 cm³/mol. The fraction of sp³-hybridized carbons (Fsp3) is 0.286. The highest BCUT2D eigenvalue weighted by atomic mass is 16.5. The highest BCUT2D eigenvalue weighted by Crippen LogP contribution is 2.30. The van der Waals surface area contributed by atoms with Gasteiger partial charge in [-0.3, -0.25) is 9.59 Å². The predicted octanol–water partition coefficient (Wildman–Crippen LogP) is 2.40. The molecule has 3 rings (SSSR count). The molecule has 2 N–H and O–H groups in total. The lowest BCUT2D eigenvalue weighted by molar-refractivity contribution is -0.120. The average Bonchev–Trinajstić information content (AvgIpc) is 2.70.